The van der Waals surface area contributed by atoms with Gasteiger partial charge in [-0.15, -0.1) is 0 Å². The zero-order chi connectivity index (χ0) is 20.9. The number of rotatable bonds is 3. The Bertz CT molecular complexity index is 1300. The normalized spacial score (nSPS) is 12.3. The van der Waals surface area contributed by atoms with E-state index in [0.29, 0.717) is 0 Å². The summed E-state index contributed by atoms with van der Waals surface area (Å²) in [6.07, 6.45) is 0. The molecule has 0 aliphatic rings. The van der Waals surface area contributed by atoms with Gasteiger partial charge in [0.15, 0.2) is 11.2 Å². The van der Waals surface area contributed by atoms with E-state index in [1.54, 1.807) is 6.07 Å². The number of aryl methyl sites for hydroxylation is 1. The summed E-state index contributed by atoms with van der Waals surface area (Å²) in [6.45, 7) is 0. The maximum Gasteiger partial charge on any atom is 0.534 e. The molecule has 0 atom stereocenters. The van der Waals surface area contributed by atoms with E-state index in [1.165, 1.54) is 38.4 Å². The Kier molecular flexibility index (Phi) is 4.49. The molecule has 0 bridgehead atoms. The van der Waals surface area contributed by atoms with E-state index in [4.69, 9.17) is 0 Å². The van der Waals surface area contributed by atoms with Crippen molar-refractivity contribution in [3.63, 3.8) is 0 Å². The zero-order valence-corrected chi connectivity index (χ0v) is 15.1. The van der Waals surface area contributed by atoms with Crippen molar-refractivity contribution in [2.24, 2.45) is 14.1 Å². The molecule has 0 radical (unpaired) electrons. The van der Waals surface area contributed by atoms with Gasteiger partial charge in [-0.05, 0) is 0 Å². The van der Waals surface area contributed by atoms with Gasteiger partial charge in [0.2, 0.25) is 0 Å². The Morgan fingerprint density at radius 1 is 1.00 bits per heavy atom. The van der Waals surface area contributed by atoms with Gasteiger partial charge in [0.25, 0.3) is 11.4 Å². The predicted octanol–water partition coefficient (Wildman–Crippen LogP) is 0.923. The SMILES string of the molecule is Cn1c(=O)c2nc(-c3ccccc3)c(OS(=O)(=O)C(F)(F)F)nc2n(C)c1=O. The Balaban J connectivity index is 2.41. The van der Waals surface area contributed by atoms with E-state index < -0.39 is 44.1 Å². The lowest BCUT2D eigenvalue weighted by Crippen LogP contribution is -2.38. The standard InChI is InChI=1S/C15H11F3N4O5S/c1-21-11-10(13(23)22(2)14(21)24)19-9(8-6-4-3-5-7-8)12(20-11)27-28(25,26)15(16,17)18/h3-7H,1-2H3. The van der Waals surface area contributed by atoms with Crippen LogP contribution in [0.25, 0.3) is 22.4 Å². The lowest BCUT2D eigenvalue weighted by Gasteiger charge is -2.13. The summed E-state index contributed by atoms with van der Waals surface area (Å²) in [4.78, 5) is 32.0. The molecule has 13 heteroatoms. The number of hydrogen-bond acceptors (Lipinski definition) is 7. The lowest BCUT2D eigenvalue weighted by molar-refractivity contribution is -0.0501. The average Bonchev–Trinajstić information content (AvgIpc) is 2.64. The van der Waals surface area contributed by atoms with Gasteiger partial charge in [0.05, 0.1) is 0 Å². The monoisotopic (exact) mass is 416 g/mol. The summed E-state index contributed by atoms with van der Waals surface area (Å²) in [5, 5.41) is 0. The van der Waals surface area contributed by atoms with Crippen LogP contribution in [0.1, 0.15) is 0 Å². The van der Waals surface area contributed by atoms with Crippen LogP contribution >= 0.6 is 0 Å². The van der Waals surface area contributed by atoms with Crippen molar-refractivity contribution in [2.75, 3.05) is 0 Å². The zero-order valence-electron chi connectivity index (χ0n) is 14.3. The third-order valence-corrected chi connectivity index (χ3v) is 4.71. The van der Waals surface area contributed by atoms with Crippen LogP contribution in [0.5, 0.6) is 5.88 Å². The van der Waals surface area contributed by atoms with E-state index in [2.05, 4.69) is 14.2 Å². The van der Waals surface area contributed by atoms with Gasteiger partial charge in [-0.2, -0.15) is 26.6 Å². The van der Waals surface area contributed by atoms with Crippen molar-refractivity contribution in [1.29, 1.82) is 0 Å². The Morgan fingerprint density at radius 2 is 1.61 bits per heavy atom. The van der Waals surface area contributed by atoms with Crippen LogP contribution in [0, 0.1) is 0 Å². The van der Waals surface area contributed by atoms with E-state index >= 15 is 0 Å². The highest BCUT2D eigenvalue weighted by Crippen LogP contribution is 2.32. The van der Waals surface area contributed by atoms with Crippen molar-refractivity contribution >= 4 is 21.3 Å². The van der Waals surface area contributed by atoms with Gasteiger partial charge in [0.1, 0.15) is 5.69 Å². The third-order valence-electron chi connectivity index (χ3n) is 3.76. The van der Waals surface area contributed by atoms with Gasteiger partial charge in [-0.25, -0.2) is 9.78 Å². The number of hydrogen-bond donors (Lipinski definition) is 0. The second-order valence-corrected chi connectivity index (χ2v) is 7.14. The molecule has 28 heavy (non-hydrogen) atoms. The highest BCUT2D eigenvalue weighted by molar-refractivity contribution is 7.88. The fourth-order valence-corrected chi connectivity index (χ4v) is 2.76. The number of benzene rings is 1. The topological polar surface area (TPSA) is 113 Å². The molecular weight excluding hydrogens is 405 g/mol. The molecule has 2 aromatic heterocycles. The largest absolute Gasteiger partial charge is 0.534 e. The molecule has 3 aromatic rings. The Morgan fingerprint density at radius 3 is 2.18 bits per heavy atom. The summed E-state index contributed by atoms with van der Waals surface area (Å²) in [5.41, 5.74) is -8.43. The molecule has 9 nitrogen and oxygen atoms in total. The van der Waals surface area contributed by atoms with Crippen LogP contribution in [0.4, 0.5) is 13.2 Å². The molecule has 0 spiro atoms. The molecule has 0 fully saturated rings. The van der Waals surface area contributed by atoms with Crippen LogP contribution < -0.4 is 15.4 Å². The van der Waals surface area contributed by atoms with Crippen molar-refractivity contribution in [2.45, 2.75) is 5.51 Å². The maximum absolute atomic E-state index is 12.8. The smallest absolute Gasteiger partial charge is 0.353 e. The van der Waals surface area contributed by atoms with Crippen LogP contribution in [-0.4, -0.2) is 33.0 Å². The van der Waals surface area contributed by atoms with Crippen molar-refractivity contribution in [3.05, 3.63) is 51.2 Å². The highest BCUT2D eigenvalue weighted by Gasteiger charge is 2.49. The minimum Gasteiger partial charge on any atom is -0.353 e. The first-order valence-corrected chi connectivity index (χ1v) is 8.89. The van der Waals surface area contributed by atoms with Crippen molar-refractivity contribution < 1.29 is 25.8 Å². The van der Waals surface area contributed by atoms with E-state index in [1.807, 2.05) is 0 Å². The lowest BCUT2D eigenvalue weighted by atomic mass is 10.1. The van der Waals surface area contributed by atoms with Crippen LogP contribution in [-0.2, 0) is 24.2 Å². The molecule has 3 rings (SSSR count). The number of fused-ring (bicyclic) bond motifs is 1. The molecule has 0 N–H and O–H groups in total. The molecule has 0 saturated carbocycles. The second-order valence-electron chi connectivity index (χ2n) is 5.60. The predicted molar refractivity (Wildman–Crippen MR) is 91.1 cm³/mol. The fraction of sp³-hybridized carbons (Fsp3) is 0.200. The number of halogens is 3. The summed E-state index contributed by atoms with van der Waals surface area (Å²) >= 11 is 0. The first kappa shape index (κ1) is 19.5. The molecule has 148 valence electrons. The summed E-state index contributed by atoms with van der Waals surface area (Å²) < 4.78 is 67.0. The van der Waals surface area contributed by atoms with Gasteiger partial charge < -0.3 is 4.18 Å². The molecule has 0 aliphatic carbocycles. The van der Waals surface area contributed by atoms with Gasteiger partial charge in [0, 0.05) is 19.7 Å². The average molecular weight is 416 g/mol. The van der Waals surface area contributed by atoms with E-state index in [9.17, 15) is 31.2 Å². The van der Waals surface area contributed by atoms with Crippen molar-refractivity contribution in [1.82, 2.24) is 19.1 Å². The molecule has 0 unspecified atom stereocenters. The van der Waals surface area contributed by atoms with Gasteiger partial charge in [-0.3, -0.25) is 13.9 Å². The van der Waals surface area contributed by atoms with Crippen molar-refractivity contribution in [3.8, 4) is 17.1 Å². The molecule has 0 amide bonds. The molecule has 2 heterocycles. The summed E-state index contributed by atoms with van der Waals surface area (Å²) in [6, 6.07) is 7.46. The maximum atomic E-state index is 12.8. The number of alkyl halides is 3. The summed E-state index contributed by atoms with van der Waals surface area (Å²) in [7, 11) is -3.68. The van der Waals surface area contributed by atoms with Crippen LogP contribution in [0.3, 0.4) is 0 Å². The van der Waals surface area contributed by atoms with Crippen LogP contribution in [0.2, 0.25) is 0 Å². The number of aromatic nitrogens is 4. The Labute approximate surface area is 154 Å². The molecular formula is C15H11F3N4O5S. The first-order chi connectivity index (χ1) is 12.9. The fourth-order valence-electron chi connectivity index (χ4n) is 2.34. The van der Waals surface area contributed by atoms with Crippen LogP contribution in [0.15, 0.2) is 39.9 Å². The second kappa shape index (κ2) is 6.44. The highest BCUT2D eigenvalue weighted by atomic mass is 32.2. The first-order valence-electron chi connectivity index (χ1n) is 7.48. The minimum absolute atomic E-state index is 0.153. The molecule has 0 saturated heterocycles. The molecule has 0 aliphatic heterocycles. The van der Waals surface area contributed by atoms with Gasteiger partial charge in [-0.1, -0.05) is 30.3 Å². The number of nitrogens with zero attached hydrogens (tertiary/aromatic N) is 4. The third kappa shape index (κ3) is 3.13. The van der Waals surface area contributed by atoms with E-state index in [0.717, 1.165) is 9.13 Å². The van der Waals surface area contributed by atoms with Gasteiger partial charge >= 0.3 is 21.3 Å². The minimum atomic E-state index is -6.06. The Hall–Kier alpha value is -3.22. The molecule has 1 aromatic carbocycles. The summed E-state index contributed by atoms with van der Waals surface area (Å²) in [5.74, 6) is -1.01. The van der Waals surface area contributed by atoms with E-state index in [-0.39, 0.29) is 11.1 Å². The quantitative estimate of drug-likeness (QED) is 0.461.